The van der Waals surface area contributed by atoms with Gasteiger partial charge in [0.2, 0.25) is 0 Å². The van der Waals surface area contributed by atoms with Crippen LogP contribution in [0.5, 0.6) is 0 Å². The summed E-state index contributed by atoms with van der Waals surface area (Å²) >= 11 is 0. The first-order valence-electron chi connectivity index (χ1n) is 5.61. The molecule has 0 amide bonds. The molecule has 0 aromatic carbocycles. The molecule has 0 radical (unpaired) electrons. The lowest BCUT2D eigenvalue weighted by atomic mass is 10.2. The number of ether oxygens (including phenoxy) is 1. The molecule has 1 atom stereocenters. The molecule has 1 heterocycles. The maximum Gasteiger partial charge on any atom is 0.309 e. The fourth-order valence-electron chi connectivity index (χ4n) is 1.64. The molecule has 0 saturated heterocycles. The van der Waals surface area contributed by atoms with Crippen molar-refractivity contribution in [2.24, 2.45) is 13.0 Å². The van der Waals surface area contributed by atoms with Gasteiger partial charge in [-0.1, -0.05) is 6.92 Å². The number of rotatable bonds is 6. The number of hydrogen-bond donors (Lipinski definition) is 0. The summed E-state index contributed by atoms with van der Waals surface area (Å²) < 4.78 is 29.8. The van der Waals surface area contributed by atoms with Crippen LogP contribution < -0.4 is 0 Å². The van der Waals surface area contributed by atoms with E-state index in [4.69, 9.17) is 0 Å². The first-order chi connectivity index (χ1) is 8.35. The highest BCUT2D eigenvalue weighted by Gasteiger charge is 2.22. The molecular weight excluding hydrogens is 256 g/mol. The van der Waals surface area contributed by atoms with Crippen molar-refractivity contribution in [3.63, 3.8) is 0 Å². The van der Waals surface area contributed by atoms with Crippen LogP contribution in [0.1, 0.15) is 12.6 Å². The minimum atomic E-state index is -3.27. The lowest BCUT2D eigenvalue weighted by molar-refractivity contribution is -0.144. The van der Waals surface area contributed by atoms with E-state index < -0.39 is 21.7 Å². The molecule has 0 spiro atoms. The second kappa shape index (κ2) is 5.99. The van der Waals surface area contributed by atoms with E-state index in [1.165, 1.54) is 7.11 Å². The quantitative estimate of drug-likeness (QED) is 0.692. The number of carbonyl (C=O) groups is 1. The van der Waals surface area contributed by atoms with Gasteiger partial charge in [0, 0.05) is 25.4 Å². The van der Waals surface area contributed by atoms with E-state index in [2.05, 4.69) is 9.84 Å². The molecule has 0 aliphatic heterocycles. The smallest absolute Gasteiger partial charge is 0.309 e. The summed E-state index contributed by atoms with van der Waals surface area (Å²) in [7, 11) is -0.257. The van der Waals surface area contributed by atoms with Gasteiger partial charge in [0.05, 0.1) is 24.5 Å². The van der Waals surface area contributed by atoms with E-state index in [-0.39, 0.29) is 11.5 Å². The molecular formula is C11H18N2O4S. The average molecular weight is 274 g/mol. The minimum Gasteiger partial charge on any atom is -0.469 e. The van der Waals surface area contributed by atoms with Gasteiger partial charge in [0.15, 0.2) is 9.84 Å². The Balaban J connectivity index is 2.55. The predicted octanol–water partition coefficient (Wildman–Crippen LogP) is 0.186. The molecule has 0 N–H and O–H groups in total. The van der Waals surface area contributed by atoms with Gasteiger partial charge in [-0.15, -0.1) is 0 Å². The normalized spacial score (nSPS) is 13.3. The van der Waals surface area contributed by atoms with E-state index in [1.807, 2.05) is 0 Å². The topological polar surface area (TPSA) is 78.3 Å². The second-order valence-corrected chi connectivity index (χ2v) is 6.46. The zero-order valence-corrected chi connectivity index (χ0v) is 11.6. The zero-order valence-electron chi connectivity index (χ0n) is 10.8. The predicted molar refractivity (Wildman–Crippen MR) is 66.7 cm³/mol. The third-order valence-corrected chi connectivity index (χ3v) is 4.53. The van der Waals surface area contributed by atoms with Gasteiger partial charge in [-0.3, -0.25) is 9.48 Å². The van der Waals surface area contributed by atoms with Gasteiger partial charge in [-0.25, -0.2) is 8.42 Å². The van der Waals surface area contributed by atoms with Gasteiger partial charge >= 0.3 is 5.97 Å². The summed E-state index contributed by atoms with van der Waals surface area (Å²) in [6, 6.07) is 1.78. The molecule has 6 nitrogen and oxygen atoms in total. The Hall–Kier alpha value is -1.37. The van der Waals surface area contributed by atoms with Crippen LogP contribution in [0, 0.1) is 5.92 Å². The van der Waals surface area contributed by atoms with E-state index >= 15 is 0 Å². The summed E-state index contributed by atoms with van der Waals surface area (Å²) in [5, 5.41) is 3.97. The summed E-state index contributed by atoms with van der Waals surface area (Å²) in [6.07, 6.45) is 2.02. The van der Waals surface area contributed by atoms with Crippen molar-refractivity contribution in [2.45, 2.75) is 13.3 Å². The maximum atomic E-state index is 11.8. The largest absolute Gasteiger partial charge is 0.469 e. The molecule has 7 heteroatoms. The summed E-state index contributed by atoms with van der Waals surface area (Å²) in [5.74, 6) is -1.31. The highest BCUT2D eigenvalue weighted by atomic mass is 32.2. The van der Waals surface area contributed by atoms with Crippen molar-refractivity contribution in [3.8, 4) is 0 Å². The number of carbonyl (C=O) groups excluding carboxylic acids is 1. The average Bonchev–Trinajstić information content (AvgIpc) is 2.70. The molecule has 0 bridgehead atoms. The Bertz CT molecular complexity index is 507. The van der Waals surface area contributed by atoms with Crippen LogP contribution >= 0.6 is 0 Å². The van der Waals surface area contributed by atoms with Crippen molar-refractivity contribution in [1.29, 1.82) is 0 Å². The number of aromatic nitrogens is 2. The van der Waals surface area contributed by atoms with Crippen molar-refractivity contribution in [3.05, 3.63) is 18.0 Å². The highest BCUT2D eigenvalue weighted by Crippen LogP contribution is 2.07. The van der Waals surface area contributed by atoms with E-state index in [1.54, 1.807) is 30.9 Å². The number of hydrogen-bond acceptors (Lipinski definition) is 5. The highest BCUT2D eigenvalue weighted by molar-refractivity contribution is 7.91. The lowest BCUT2D eigenvalue weighted by Gasteiger charge is -2.09. The third-order valence-electron chi connectivity index (χ3n) is 2.70. The van der Waals surface area contributed by atoms with Gasteiger partial charge in [-0.05, 0) is 6.07 Å². The van der Waals surface area contributed by atoms with Crippen LogP contribution in [0.15, 0.2) is 12.3 Å². The standard InChI is InChI=1S/C11H18N2O4S/c1-9(11(14)17-3)8-18(15,16)7-5-10-4-6-12-13(10)2/h4,6,9H,5,7-8H2,1-3H3. The van der Waals surface area contributed by atoms with Crippen molar-refractivity contribution < 1.29 is 17.9 Å². The Morgan fingerprint density at radius 1 is 1.56 bits per heavy atom. The Kier molecular flexibility index (Phi) is 4.89. The summed E-state index contributed by atoms with van der Waals surface area (Å²) in [4.78, 5) is 11.2. The third kappa shape index (κ3) is 4.14. The number of esters is 1. The molecule has 18 heavy (non-hydrogen) atoms. The van der Waals surface area contributed by atoms with Crippen molar-refractivity contribution >= 4 is 15.8 Å². The minimum absolute atomic E-state index is 0.00781. The first-order valence-corrected chi connectivity index (χ1v) is 7.43. The molecule has 1 aromatic rings. The van der Waals surface area contributed by atoms with Crippen molar-refractivity contribution in [1.82, 2.24) is 9.78 Å². The summed E-state index contributed by atoms with van der Waals surface area (Å²) in [6.45, 7) is 1.55. The van der Waals surface area contributed by atoms with Crippen molar-refractivity contribution in [2.75, 3.05) is 18.6 Å². The number of sulfone groups is 1. The molecule has 0 aliphatic carbocycles. The van der Waals surface area contributed by atoms with Gasteiger partial charge in [0.25, 0.3) is 0 Å². The van der Waals surface area contributed by atoms with E-state index in [0.29, 0.717) is 6.42 Å². The molecule has 1 aromatic heterocycles. The number of aryl methyl sites for hydroxylation is 2. The van der Waals surface area contributed by atoms with Crippen LogP contribution in [0.2, 0.25) is 0 Å². The molecule has 1 rings (SSSR count). The Labute approximate surface area is 107 Å². The maximum absolute atomic E-state index is 11.8. The van der Waals surface area contributed by atoms with E-state index in [0.717, 1.165) is 5.69 Å². The van der Waals surface area contributed by atoms with Crippen LogP contribution in [0.25, 0.3) is 0 Å². The first kappa shape index (κ1) is 14.7. The monoisotopic (exact) mass is 274 g/mol. The SMILES string of the molecule is COC(=O)C(C)CS(=O)(=O)CCc1ccnn1C. The Morgan fingerprint density at radius 2 is 2.22 bits per heavy atom. The second-order valence-electron chi connectivity index (χ2n) is 4.23. The van der Waals surface area contributed by atoms with Gasteiger partial charge < -0.3 is 4.74 Å². The molecule has 102 valence electrons. The van der Waals surface area contributed by atoms with Gasteiger partial charge in [0.1, 0.15) is 0 Å². The van der Waals surface area contributed by atoms with E-state index in [9.17, 15) is 13.2 Å². The van der Waals surface area contributed by atoms with Gasteiger partial charge in [-0.2, -0.15) is 5.10 Å². The van der Waals surface area contributed by atoms with Crippen LogP contribution in [0.4, 0.5) is 0 Å². The molecule has 0 fully saturated rings. The fraction of sp³-hybridized carbons (Fsp3) is 0.636. The lowest BCUT2D eigenvalue weighted by Crippen LogP contribution is -2.25. The molecule has 0 aliphatic rings. The summed E-state index contributed by atoms with van der Waals surface area (Å²) in [5.41, 5.74) is 0.851. The Morgan fingerprint density at radius 3 is 2.72 bits per heavy atom. The van der Waals surface area contributed by atoms with Crippen LogP contribution in [0.3, 0.4) is 0 Å². The fourth-order valence-corrected chi connectivity index (χ4v) is 3.22. The zero-order chi connectivity index (χ0) is 13.8. The molecule has 0 saturated carbocycles. The number of methoxy groups -OCH3 is 1. The molecule has 1 unspecified atom stereocenters. The number of nitrogens with zero attached hydrogens (tertiary/aromatic N) is 2. The van der Waals surface area contributed by atoms with Crippen LogP contribution in [-0.4, -0.2) is 42.8 Å². The van der Waals surface area contributed by atoms with Crippen LogP contribution in [-0.2, 0) is 32.8 Å².